The molecule has 1 atom stereocenters. The van der Waals surface area contributed by atoms with E-state index >= 15 is 0 Å². The number of nitrogens with one attached hydrogen (secondary N) is 1. The topological polar surface area (TPSA) is 72.9 Å². The van der Waals surface area contributed by atoms with Crippen molar-refractivity contribution in [2.75, 3.05) is 6.54 Å². The Hall–Kier alpha value is -1.43. The molecule has 0 aromatic carbocycles. The van der Waals surface area contributed by atoms with Gasteiger partial charge in [0.15, 0.2) is 0 Å². The molecule has 1 amide bonds. The third-order valence-corrected chi connectivity index (χ3v) is 3.09. The Morgan fingerprint density at radius 1 is 1.67 bits per heavy atom. The molecule has 0 fully saturated rings. The number of thiocarbonyl (C=S) groups is 1. The number of hydrogen-bond donors (Lipinski definition) is 2. The van der Waals surface area contributed by atoms with Gasteiger partial charge in [-0.3, -0.25) is 4.79 Å². The molecule has 0 saturated heterocycles. The Morgan fingerprint density at radius 3 is 2.89 bits per heavy atom. The highest BCUT2D eigenvalue weighted by atomic mass is 32.1. The van der Waals surface area contributed by atoms with E-state index in [2.05, 4.69) is 10.3 Å². The first kappa shape index (κ1) is 14.6. The molecule has 5 nitrogen and oxygen atoms in total. The number of rotatable bonds is 7. The Morgan fingerprint density at radius 2 is 2.39 bits per heavy atom. The highest BCUT2D eigenvalue weighted by Crippen LogP contribution is 2.07. The summed E-state index contributed by atoms with van der Waals surface area (Å²) in [6.07, 6.45) is 5.90. The number of amides is 1. The van der Waals surface area contributed by atoms with E-state index in [4.69, 9.17) is 18.0 Å². The molecule has 3 N–H and O–H groups in total. The lowest BCUT2D eigenvalue weighted by Crippen LogP contribution is -2.38. The van der Waals surface area contributed by atoms with Crippen LogP contribution in [0.5, 0.6) is 0 Å². The normalized spacial score (nSPS) is 12.1. The van der Waals surface area contributed by atoms with E-state index in [1.54, 1.807) is 6.20 Å². The molecule has 0 bridgehead atoms. The lowest BCUT2D eigenvalue weighted by molar-refractivity contribution is -0.123. The Kier molecular flexibility index (Phi) is 5.77. The molecule has 1 aromatic heterocycles. The van der Waals surface area contributed by atoms with E-state index in [-0.39, 0.29) is 16.8 Å². The molecule has 18 heavy (non-hydrogen) atoms. The fourth-order valence-electron chi connectivity index (χ4n) is 1.75. The van der Waals surface area contributed by atoms with E-state index in [1.807, 2.05) is 24.7 Å². The standard InChI is InChI=1S/C12H20N4OS/c1-3-4-9(11(13)18)12(17)15-6-5-10-14-7-8-16(10)2/h7-9H,3-6H2,1-2H3,(H2,13,18)(H,15,17). The van der Waals surface area contributed by atoms with Gasteiger partial charge >= 0.3 is 0 Å². The van der Waals surface area contributed by atoms with Crippen molar-refractivity contribution >= 4 is 23.1 Å². The van der Waals surface area contributed by atoms with Crippen LogP contribution < -0.4 is 11.1 Å². The second-order valence-electron chi connectivity index (χ2n) is 4.24. The van der Waals surface area contributed by atoms with Crippen molar-refractivity contribution in [1.82, 2.24) is 14.9 Å². The number of nitrogens with two attached hydrogens (primary N) is 1. The first-order valence-electron chi connectivity index (χ1n) is 6.09. The number of imidazole rings is 1. The smallest absolute Gasteiger partial charge is 0.229 e. The molecule has 0 saturated carbocycles. The highest BCUT2D eigenvalue weighted by Gasteiger charge is 2.19. The number of nitrogens with zero attached hydrogens (tertiary/aromatic N) is 2. The summed E-state index contributed by atoms with van der Waals surface area (Å²) in [4.78, 5) is 16.3. The van der Waals surface area contributed by atoms with Gasteiger partial charge in [0.05, 0.1) is 10.9 Å². The van der Waals surface area contributed by atoms with E-state index in [0.29, 0.717) is 19.4 Å². The predicted octanol–water partition coefficient (Wildman–Crippen LogP) is 0.781. The van der Waals surface area contributed by atoms with E-state index in [9.17, 15) is 4.79 Å². The molecule has 0 aliphatic carbocycles. The van der Waals surface area contributed by atoms with Gasteiger partial charge in [-0.1, -0.05) is 25.6 Å². The van der Waals surface area contributed by atoms with E-state index < -0.39 is 0 Å². The van der Waals surface area contributed by atoms with Gasteiger partial charge in [-0.25, -0.2) is 4.98 Å². The van der Waals surface area contributed by atoms with Gasteiger partial charge in [0.2, 0.25) is 5.91 Å². The zero-order valence-corrected chi connectivity index (χ0v) is 11.7. The zero-order valence-electron chi connectivity index (χ0n) is 10.8. The van der Waals surface area contributed by atoms with Gasteiger partial charge in [0.25, 0.3) is 0 Å². The van der Waals surface area contributed by atoms with Crippen molar-refractivity contribution in [2.24, 2.45) is 18.7 Å². The SMILES string of the molecule is CCCC(C(=O)NCCc1nccn1C)C(N)=S. The molecule has 0 aliphatic heterocycles. The Balaban J connectivity index is 2.40. The van der Waals surface area contributed by atoms with Crippen molar-refractivity contribution in [2.45, 2.75) is 26.2 Å². The number of aryl methyl sites for hydroxylation is 1. The first-order chi connectivity index (χ1) is 8.56. The second-order valence-corrected chi connectivity index (χ2v) is 4.71. The summed E-state index contributed by atoms with van der Waals surface area (Å²) in [6, 6.07) is 0. The van der Waals surface area contributed by atoms with Gasteiger partial charge in [-0.05, 0) is 6.42 Å². The highest BCUT2D eigenvalue weighted by molar-refractivity contribution is 7.80. The van der Waals surface area contributed by atoms with Crippen LogP contribution in [-0.4, -0.2) is 27.0 Å². The van der Waals surface area contributed by atoms with Crippen molar-refractivity contribution in [3.63, 3.8) is 0 Å². The van der Waals surface area contributed by atoms with Gasteiger partial charge in [0, 0.05) is 32.4 Å². The third kappa shape index (κ3) is 4.10. The van der Waals surface area contributed by atoms with Crippen LogP contribution in [0.15, 0.2) is 12.4 Å². The predicted molar refractivity (Wildman–Crippen MR) is 75.1 cm³/mol. The zero-order chi connectivity index (χ0) is 13.5. The minimum atomic E-state index is -0.355. The molecular formula is C12H20N4OS. The lowest BCUT2D eigenvalue weighted by Gasteiger charge is -2.14. The molecule has 0 spiro atoms. The largest absolute Gasteiger partial charge is 0.393 e. The van der Waals surface area contributed by atoms with Crippen LogP contribution in [0, 0.1) is 5.92 Å². The molecule has 0 aliphatic rings. The number of carbonyl (C=O) groups is 1. The fourth-order valence-corrected chi connectivity index (χ4v) is 1.97. The number of hydrogen-bond acceptors (Lipinski definition) is 3. The first-order valence-corrected chi connectivity index (χ1v) is 6.50. The molecule has 1 unspecified atom stereocenters. The average Bonchev–Trinajstić information content (AvgIpc) is 2.71. The van der Waals surface area contributed by atoms with Crippen molar-refractivity contribution in [3.05, 3.63) is 18.2 Å². The molecule has 1 aromatic rings. The van der Waals surface area contributed by atoms with Gasteiger partial charge < -0.3 is 15.6 Å². The van der Waals surface area contributed by atoms with Crippen molar-refractivity contribution in [1.29, 1.82) is 0 Å². The molecular weight excluding hydrogens is 248 g/mol. The quantitative estimate of drug-likeness (QED) is 0.717. The summed E-state index contributed by atoms with van der Waals surface area (Å²) in [7, 11) is 1.93. The minimum absolute atomic E-state index is 0.0847. The van der Waals surface area contributed by atoms with Crippen LogP contribution in [0.25, 0.3) is 0 Å². The monoisotopic (exact) mass is 268 g/mol. The van der Waals surface area contributed by atoms with Crippen LogP contribution in [0.4, 0.5) is 0 Å². The number of aromatic nitrogens is 2. The molecule has 6 heteroatoms. The van der Waals surface area contributed by atoms with Crippen LogP contribution >= 0.6 is 12.2 Å². The molecule has 100 valence electrons. The van der Waals surface area contributed by atoms with Crippen LogP contribution in [0.2, 0.25) is 0 Å². The van der Waals surface area contributed by atoms with Crippen LogP contribution in [0.1, 0.15) is 25.6 Å². The van der Waals surface area contributed by atoms with Gasteiger partial charge in [0.1, 0.15) is 5.82 Å². The molecule has 1 rings (SSSR count). The Labute approximate surface area is 113 Å². The fraction of sp³-hybridized carbons (Fsp3) is 0.583. The summed E-state index contributed by atoms with van der Waals surface area (Å²) < 4.78 is 1.93. The average molecular weight is 268 g/mol. The summed E-state index contributed by atoms with van der Waals surface area (Å²) in [6.45, 7) is 2.55. The van der Waals surface area contributed by atoms with Crippen LogP contribution in [-0.2, 0) is 18.3 Å². The minimum Gasteiger partial charge on any atom is -0.393 e. The summed E-state index contributed by atoms with van der Waals surface area (Å²) in [5.74, 6) is 0.502. The van der Waals surface area contributed by atoms with Crippen LogP contribution in [0.3, 0.4) is 0 Å². The van der Waals surface area contributed by atoms with E-state index in [0.717, 1.165) is 12.2 Å². The third-order valence-electron chi connectivity index (χ3n) is 2.81. The maximum absolute atomic E-state index is 11.9. The van der Waals surface area contributed by atoms with Gasteiger partial charge in [-0.15, -0.1) is 0 Å². The summed E-state index contributed by atoms with van der Waals surface area (Å²) in [5, 5.41) is 2.85. The van der Waals surface area contributed by atoms with E-state index in [1.165, 1.54) is 0 Å². The second kappa shape index (κ2) is 7.10. The summed E-state index contributed by atoms with van der Waals surface area (Å²) >= 11 is 4.91. The van der Waals surface area contributed by atoms with Gasteiger partial charge in [-0.2, -0.15) is 0 Å². The maximum atomic E-state index is 11.9. The lowest BCUT2D eigenvalue weighted by atomic mass is 10.0. The molecule has 0 radical (unpaired) electrons. The van der Waals surface area contributed by atoms with Crippen molar-refractivity contribution in [3.8, 4) is 0 Å². The maximum Gasteiger partial charge on any atom is 0.229 e. The van der Waals surface area contributed by atoms with Crippen molar-refractivity contribution < 1.29 is 4.79 Å². The summed E-state index contributed by atoms with van der Waals surface area (Å²) in [5.41, 5.74) is 5.57. The Bertz CT molecular complexity index is 416. The molecule has 1 heterocycles. The number of carbonyl (C=O) groups excluding carboxylic acids is 1.